The van der Waals surface area contributed by atoms with E-state index in [4.69, 9.17) is 10.5 Å². The summed E-state index contributed by atoms with van der Waals surface area (Å²) in [4.78, 5) is 11.5. The number of rotatable bonds is 8. The molecule has 0 radical (unpaired) electrons. The van der Waals surface area contributed by atoms with Crippen LogP contribution in [0.3, 0.4) is 0 Å². The van der Waals surface area contributed by atoms with Gasteiger partial charge in [0.05, 0.1) is 6.61 Å². The Morgan fingerprint density at radius 1 is 1.35 bits per heavy atom. The number of ether oxygens (including phenoxy) is 1. The van der Waals surface area contributed by atoms with Gasteiger partial charge in [-0.05, 0) is 50.8 Å². The van der Waals surface area contributed by atoms with Crippen molar-refractivity contribution in [2.45, 2.75) is 46.1 Å². The SMILES string of the molecule is Cc1ccc(C)c(OCCCCC(=O)N[C@@H](C)CN)c1. The summed E-state index contributed by atoms with van der Waals surface area (Å²) in [7, 11) is 0. The number of amides is 1. The molecule has 1 rings (SSSR count). The minimum Gasteiger partial charge on any atom is -0.493 e. The van der Waals surface area contributed by atoms with Crippen LogP contribution in [0.5, 0.6) is 5.75 Å². The third kappa shape index (κ3) is 6.06. The lowest BCUT2D eigenvalue weighted by Crippen LogP contribution is -2.37. The molecule has 1 atom stereocenters. The van der Waals surface area contributed by atoms with Crippen LogP contribution in [0.1, 0.15) is 37.3 Å². The highest BCUT2D eigenvalue weighted by molar-refractivity contribution is 5.76. The van der Waals surface area contributed by atoms with Crippen LogP contribution in [0.4, 0.5) is 0 Å². The molecule has 3 N–H and O–H groups in total. The highest BCUT2D eigenvalue weighted by Gasteiger charge is 2.05. The molecule has 0 aromatic heterocycles. The van der Waals surface area contributed by atoms with E-state index < -0.39 is 0 Å². The molecule has 20 heavy (non-hydrogen) atoms. The van der Waals surface area contributed by atoms with E-state index in [2.05, 4.69) is 24.4 Å². The smallest absolute Gasteiger partial charge is 0.220 e. The van der Waals surface area contributed by atoms with E-state index in [0.29, 0.717) is 19.6 Å². The minimum atomic E-state index is 0.0497. The number of carbonyl (C=O) groups excluding carboxylic acids is 1. The van der Waals surface area contributed by atoms with E-state index in [9.17, 15) is 4.79 Å². The van der Waals surface area contributed by atoms with Gasteiger partial charge in [0.15, 0.2) is 0 Å². The van der Waals surface area contributed by atoms with E-state index in [1.54, 1.807) is 0 Å². The second-order valence-corrected chi connectivity index (χ2v) is 5.28. The van der Waals surface area contributed by atoms with Crippen molar-refractivity contribution in [1.29, 1.82) is 0 Å². The van der Waals surface area contributed by atoms with Gasteiger partial charge < -0.3 is 15.8 Å². The van der Waals surface area contributed by atoms with Gasteiger partial charge in [-0.15, -0.1) is 0 Å². The summed E-state index contributed by atoms with van der Waals surface area (Å²) in [6.07, 6.45) is 2.23. The lowest BCUT2D eigenvalue weighted by molar-refractivity contribution is -0.121. The molecule has 0 bridgehead atoms. The number of benzene rings is 1. The Morgan fingerprint density at radius 3 is 2.80 bits per heavy atom. The summed E-state index contributed by atoms with van der Waals surface area (Å²) in [6, 6.07) is 6.23. The van der Waals surface area contributed by atoms with Crippen LogP contribution >= 0.6 is 0 Å². The Labute approximate surface area is 121 Å². The molecule has 0 spiro atoms. The van der Waals surface area contributed by atoms with Crippen molar-refractivity contribution in [3.05, 3.63) is 29.3 Å². The maximum absolute atomic E-state index is 11.5. The zero-order valence-corrected chi connectivity index (χ0v) is 12.7. The van der Waals surface area contributed by atoms with Gasteiger partial charge in [-0.25, -0.2) is 0 Å². The first kappa shape index (κ1) is 16.5. The Kier molecular flexibility index (Phi) is 7.09. The van der Waals surface area contributed by atoms with Gasteiger partial charge >= 0.3 is 0 Å². The van der Waals surface area contributed by atoms with Crippen molar-refractivity contribution in [1.82, 2.24) is 5.32 Å². The summed E-state index contributed by atoms with van der Waals surface area (Å²) in [5, 5.41) is 2.85. The number of carbonyl (C=O) groups is 1. The van der Waals surface area contributed by atoms with Crippen molar-refractivity contribution in [2.75, 3.05) is 13.2 Å². The second kappa shape index (κ2) is 8.59. The number of unbranched alkanes of at least 4 members (excludes halogenated alkanes) is 1. The minimum absolute atomic E-state index is 0.0497. The van der Waals surface area contributed by atoms with Crippen molar-refractivity contribution in [3.8, 4) is 5.75 Å². The summed E-state index contributed by atoms with van der Waals surface area (Å²) >= 11 is 0. The average Bonchev–Trinajstić information content (AvgIpc) is 2.42. The first-order valence-corrected chi connectivity index (χ1v) is 7.22. The van der Waals surface area contributed by atoms with E-state index in [1.807, 2.05) is 19.9 Å². The fourth-order valence-corrected chi connectivity index (χ4v) is 1.84. The number of hydrogen-bond acceptors (Lipinski definition) is 3. The summed E-state index contributed by atoms with van der Waals surface area (Å²) in [5.74, 6) is 1.00. The van der Waals surface area contributed by atoms with Crippen molar-refractivity contribution < 1.29 is 9.53 Å². The molecule has 1 aromatic rings. The Bertz CT molecular complexity index is 432. The third-order valence-electron chi connectivity index (χ3n) is 3.16. The van der Waals surface area contributed by atoms with Gasteiger partial charge in [0.25, 0.3) is 0 Å². The maximum atomic E-state index is 11.5. The number of aryl methyl sites for hydroxylation is 2. The predicted octanol–water partition coefficient (Wildman–Crippen LogP) is 2.32. The molecule has 0 fully saturated rings. The standard InChI is InChI=1S/C16H26N2O2/c1-12-7-8-13(2)15(10-12)20-9-5-4-6-16(19)18-14(3)11-17/h7-8,10,14H,4-6,9,11,17H2,1-3H3,(H,18,19)/t14-/m0/s1. The highest BCUT2D eigenvalue weighted by Crippen LogP contribution is 2.19. The van der Waals surface area contributed by atoms with Crippen molar-refractivity contribution >= 4 is 5.91 Å². The molecule has 1 amide bonds. The largest absolute Gasteiger partial charge is 0.493 e. The van der Waals surface area contributed by atoms with Gasteiger partial charge in [0, 0.05) is 19.0 Å². The number of nitrogens with one attached hydrogen (secondary N) is 1. The summed E-state index contributed by atoms with van der Waals surface area (Å²) < 4.78 is 5.75. The van der Waals surface area contributed by atoms with Gasteiger partial charge in [0.1, 0.15) is 5.75 Å². The van der Waals surface area contributed by atoms with Crippen LogP contribution in [0.15, 0.2) is 18.2 Å². The molecule has 0 unspecified atom stereocenters. The fourth-order valence-electron chi connectivity index (χ4n) is 1.84. The van der Waals surface area contributed by atoms with E-state index in [1.165, 1.54) is 5.56 Å². The Balaban J connectivity index is 2.19. The van der Waals surface area contributed by atoms with Gasteiger partial charge in [-0.1, -0.05) is 12.1 Å². The van der Waals surface area contributed by atoms with Gasteiger partial charge in [0.2, 0.25) is 5.91 Å². The predicted molar refractivity (Wildman–Crippen MR) is 81.9 cm³/mol. The third-order valence-corrected chi connectivity index (χ3v) is 3.16. The molecular weight excluding hydrogens is 252 g/mol. The molecule has 0 saturated heterocycles. The van der Waals surface area contributed by atoms with Crippen LogP contribution < -0.4 is 15.8 Å². The first-order valence-electron chi connectivity index (χ1n) is 7.22. The molecule has 0 aliphatic rings. The van der Waals surface area contributed by atoms with Gasteiger partial charge in [-0.2, -0.15) is 0 Å². The zero-order chi connectivity index (χ0) is 15.0. The van der Waals surface area contributed by atoms with Crippen LogP contribution in [0, 0.1) is 13.8 Å². The molecule has 0 aliphatic heterocycles. The molecule has 0 aliphatic carbocycles. The molecular formula is C16H26N2O2. The quantitative estimate of drug-likeness (QED) is 0.717. The fraction of sp³-hybridized carbons (Fsp3) is 0.562. The lowest BCUT2D eigenvalue weighted by Gasteiger charge is -2.12. The van der Waals surface area contributed by atoms with E-state index in [-0.39, 0.29) is 11.9 Å². The average molecular weight is 278 g/mol. The lowest BCUT2D eigenvalue weighted by atomic mass is 10.1. The Hall–Kier alpha value is -1.55. The number of hydrogen-bond donors (Lipinski definition) is 2. The molecule has 0 saturated carbocycles. The number of nitrogens with two attached hydrogens (primary N) is 1. The van der Waals surface area contributed by atoms with Crippen molar-refractivity contribution in [3.63, 3.8) is 0 Å². The van der Waals surface area contributed by atoms with Crippen molar-refractivity contribution in [2.24, 2.45) is 5.73 Å². The monoisotopic (exact) mass is 278 g/mol. The summed E-state index contributed by atoms with van der Waals surface area (Å²) in [6.45, 7) is 7.11. The van der Waals surface area contributed by atoms with E-state index >= 15 is 0 Å². The zero-order valence-electron chi connectivity index (χ0n) is 12.7. The van der Waals surface area contributed by atoms with Crippen LogP contribution in [-0.2, 0) is 4.79 Å². The maximum Gasteiger partial charge on any atom is 0.220 e. The van der Waals surface area contributed by atoms with Gasteiger partial charge in [-0.3, -0.25) is 4.79 Å². The highest BCUT2D eigenvalue weighted by atomic mass is 16.5. The van der Waals surface area contributed by atoms with Crippen LogP contribution in [0.2, 0.25) is 0 Å². The van der Waals surface area contributed by atoms with E-state index in [0.717, 1.165) is 24.2 Å². The Morgan fingerprint density at radius 2 is 2.10 bits per heavy atom. The second-order valence-electron chi connectivity index (χ2n) is 5.28. The normalized spacial score (nSPS) is 12.0. The topological polar surface area (TPSA) is 64.3 Å². The summed E-state index contributed by atoms with van der Waals surface area (Å²) in [5.41, 5.74) is 7.79. The molecule has 4 heteroatoms. The first-order chi connectivity index (χ1) is 9.52. The molecule has 0 heterocycles. The van der Waals surface area contributed by atoms with Crippen LogP contribution in [-0.4, -0.2) is 25.1 Å². The molecule has 4 nitrogen and oxygen atoms in total. The molecule has 112 valence electrons. The molecule has 1 aromatic carbocycles. The van der Waals surface area contributed by atoms with Crippen LogP contribution in [0.25, 0.3) is 0 Å².